The summed E-state index contributed by atoms with van der Waals surface area (Å²) in [6.45, 7) is 3.31. The molecule has 0 amide bonds. The molecule has 4 atom stereocenters. The van der Waals surface area contributed by atoms with Crippen LogP contribution in [0.3, 0.4) is 0 Å². The molecule has 3 saturated heterocycles. The molecule has 1 spiro atoms. The van der Waals surface area contributed by atoms with Gasteiger partial charge in [-0.25, -0.2) is 0 Å². The van der Waals surface area contributed by atoms with Crippen LogP contribution in [0.2, 0.25) is 0 Å². The smallest absolute Gasteiger partial charge is 0.201 e. The van der Waals surface area contributed by atoms with Gasteiger partial charge in [0.1, 0.15) is 0 Å². The van der Waals surface area contributed by atoms with Crippen molar-refractivity contribution >= 4 is 5.71 Å². The molecule has 3 fully saturated rings. The van der Waals surface area contributed by atoms with Gasteiger partial charge in [0.25, 0.3) is 0 Å². The Bertz CT molecular complexity index is 336. The molecule has 82 valence electrons. The van der Waals surface area contributed by atoms with Gasteiger partial charge in [-0.1, -0.05) is 5.16 Å². The summed E-state index contributed by atoms with van der Waals surface area (Å²) in [5.74, 6) is -0.222. The Morgan fingerprint density at radius 3 is 2.93 bits per heavy atom. The van der Waals surface area contributed by atoms with E-state index in [1.165, 1.54) is 0 Å². The summed E-state index contributed by atoms with van der Waals surface area (Å²) in [5, 5.41) is 4.04. The van der Waals surface area contributed by atoms with E-state index >= 15 is 0 Å². The van der Waals surface area contributed by atoms with Crippen LogP contribution in [-0.2, 0) is 19.0 Å². The third kappa shape index (κ3) is 0.874. The first-order valence-corrected chi connectivity index (χ1v) is 5.44. The van der Waals surface area contributed by atoms with E-state index in [2.05, 4.69) is 5.16 Å². The van der Waals surface area contributed by atoms with Crippen LogP contribution in [0, 0.1) is 5.92 Å². The standard InChI is InChI=1S/C10H13NO4/c1-5-7-6-4-10(12-2-3-13-10)9(14-6)8(7)15-11-5/h6-9H,2-4H2,1H3/t6-,7-,8-,9-/m0/s1. The molecule has 0 aromatic heterocycles. The summed E-state index contributed by atoms with van der Waals surface area (Å²) in [7, 11) is 0. The van der Waals surface area contributed by atoms with Crippen molar-refractivity contribution in [2.75, 3.05) is 13.2 Å². The SMILES string of the molecule is CC1=NO[C@H]2[C@@H]1[C@@H]1CC3(OCCO3)[C@H]2O1. The van der Waals surface area contributed by atoms with Gasteiger partial charge in [0.15, 0.2) is 12.2 Å². The molecule has 5 nitrogen and oxygen atoms in total. The zero-order valence-electron chi connectivity index (χ0n) is 8.51. The lowest BCUT2D eigenvalue weighted by Gasteiger charge is -2.33. The molecule has 0 aliphatic carbocycles. The van der Waals surface area contributed by atoms with Crippen LogP contribution in [-0.4, -0.2) is 43.0 Å². The van der Waals surface area contributed by atoms with Crippen LogP contribution in [0.1, 0.15) is 13.3 Å². The average molecular weight is 211 g/mol. The fourth-order valence-corrected chi connectivity index (χ4v) is 3.26. The number of hydrogen-bond donors (Lipinski definition) is 0. The Morgan fingerprint density at radius 2 is 2.13 bits per heavy atom. The maximum atomic E-state index is 5.89. The minimum atomic E-state index is -0.536. The van der Waals surface area contributed by atoms with Crippen LogP contribution in [0.25, 0.3) is 0 Å². The highest BCUT2D eigenvalue weighted by atomic mass is 16.8. The molecule has 15 heavy (non-hydrogen) atoms. The van der Waals surface area contributed by atoms with Crippen molar-refractivity contribution in [2.24, 2.45) is 11.1 Å². The van der Waals surface area contributed by atoms with Gasteiger partial charge in [0.05, 0.1) is 30.9 Å². The third-order valence-corrected chi connectivity index (χ3v) is 3.87. The number of ether oxygens (including phenoxy) is 3. The summed E-state index contributed by atoms with van der Waals surface area (Å²) in [4.78, 5) is 5.41. The van der Waals surface area contributed by atoms with Crippen LogP contribution >= 0.6 is 0 Å². The number of oxime groups is 1. The molecule has 4 aliphatic heterocycles. The Labute approximate surface area is 87.3 Å². The lowest BCUT2D eigenvalue weighted by atomic mass is 9.81. The fraction of sp³-hybridized carbons (Fsp3) is 0.900. The predicted octanol–water partition coefficient (Wildman–Crippen LogP) is 0.291. The molecule has 0 unspecified atom stereocenters. The Kier molecular flexibility index (Phi) is 1.43. The molecule has 4 rings (SSSR count). The number of hydrogen-bond acceptors (Lipinski definition) is 5. The first-order valence-electron chi connectivity index (χ1n) is 5.44. The highest BCUT2D eigenvalue weighted by molar-refractivity contribution is 5.86. The van der Waals surface area contributed by atoms with Crippen molar-refractivity contribution in [3.8, 4) is 0 Å². The van der Waals surface area contributed by atoms with E-state index in [0.29, 0.717) is 19.1 Å². The van der Waals surface area contributed by atoms with Crippen molar-refractivity contribution in [2.45, 2.75) is 37.4 Å². The first kappa shape index (κ1) is 8.50. The summed E-state index contributed by atoms with van der Waals surface area (Å²) in [5.41, 5.74) is 1.04. The molecular weight excluding hydrogens is 198 g/mol. The van der Waals surface area contributed by atoms with E-state index in [-0.39, 0.29) is 18.3 Å². The molecule has 2 bridgehead atoms. The maximum absolute atomic E-state index is 5.89. The van der Waals surface area contributed by atoms with E-state index in [1.807, 2.05) is 6.92 Å². The van der Waals surface area contributed by atoms with Gasteiger partial charge in [0, 0.05) is 6.42 Å². The van der Waals surface area contributed by atoms with E-state index in [1.54, 1.807) is 0 Å². The van der Waals surface area contributed by atoms with Gasteiger partial charge in [-0.15, -0.1) is 0 Å². The molecule has 0 radical (unpaired) electrons. The normalized spacial score (nSPS) is 49.5. The van der Waals surface area contributed by atoms with Gasteiger partial charge in [0.2, 0.25) is 5.79 Å². The Balaban J connectivity index is 1.69. The second kappa shape index (κ2) is 2.53. The van der Waals surface area contributed by atoms with Gasteiger partial charge in [-0.05, 0) is 6.92 Å². The van der Waals surface area contributed by atoms with Crippen LogP contribution in [0.5, 0.6) is 0 Å². The minimum Gasteiger partial charge on any atom is -0.389 e. The largest absolute Gasteiger partial charge is 0.389 e. The van der Waals surface area contributed by atoms with Crippen molar-refractivity contribution < 1.29 is 19.0 Å². The molecule has 0 aromatic rings. The maximum Gasteiger partial charge on any atom is 0.201 e. The summed E-state index contributed by atoms with van der Waals surface area (Å²) in [6, 6.07) is 0. The molecule has 4 aliphatic rings. The Morgan fingerprint density at radius 1 is 1.33 bits per heavy atom. The summed E-state index contributed by atoms with van der Waals surface area (Å²) in [6.07, 6.45) is 0.872. The Hall–Kier alpha value is -0.650. The summed E-state index contributed by atoms with van der Waals surface area (Å²) >= 11 is 0. The number of nitrogens with zero attached hydrogens (tertiary/aromatic N) is 1. The van der Waals surface area contributed by atoms with E-state index in [9.17, 15) is 0 Å². The van der Waals surface area contributed by atoms with Crippen molar-refractivity contribution in [1.82, 2.24) is 0 Å². The van der Waals surface area contributed by atoms with Gasteiger partial charge >= 0.3 is 0 Å². The highest BCUT2D eigenvalue weighted by Crippen LogP contribution is 2.52. The average Bonchev–Trinajstić information content (AvgIpc) is 2.91. The third-order valence-electron chi connectivity index (χ3n) is 3.87. The fourth-order valence-electron chi connectivity index (χ4n) is 3.26. The molecule has 0 aromatic carbocycles. The lowest BCUT2D eigenvalue weighted by molar-refractivity contribution is -0.213. The van der Waals surface area contributed by atoms with Crippen LogP contribution in [0.15, 0.2) is 5.16 Å². The second-order valence-corrected chi connectivity index (χ2v) is 4.64. The molecule has 5 heteroatoms. The van der Waals surface area contributed by atoms with Crippen LogP contribution in [0.4, 0.5) is 0 Å². The van der Waals surface area contributed by atoms with Crippen molar-refractivity contribution in [3.05, 3.63) is 0 Å². The monoisotopic (exact) mass is 211 g/mol. The number of rotatable bonds is 0. The van der Waals surface area contributed by atoms with E-state index in [4.69, 9.17) is 19.0 Å². The molecule has 0 saturated carbocycles. The molecular formula is C10H13NO4. The second-order valence-electron chi connectivity index (χ2n) is 4.64. The van der Waals surface area contributed by atoms with Gasteiger partial charge < -0.3 is 19.0 Å². The summed E-state index contributed by atoms with van der Waals surface area (Å²) < 4.78 is 17.3. The van der Waals surface area contributed by atoms with Gasteiger partial charge in [-0.2, -0.15) is 0 Å². The number of fused-ring (bicyclic) bond motifs is 6. The highest BCUT2D eigenvalue weighted by Gasteiger charge is 2.68. The topological polar surface area (TPSA) is 49.3 Å². The van der Waals surface area contributed by atoms with Crippen LogP contribution < -0.4 is 0 Å². The van der Waals surface area contributed by atoms with Gasteiger partial charge in [-0.3, -0.25) is 0 Å². The zero-order chi connectivity index (χ0) is 10.0. The van der Waals surface area contributed by atoms with Crippen molar-refractivity contribution in [1.29, 1.82) is 0 Å². The quantitative estimate of drug-likeness (QED) is 0.578. The van der Waals surface area contributed by atoms with E-state index < -0.39 is 5.79 Å². The first-order chi connectivity index (χ1) is 7.30. The molecule has 4 heterocycles. The predicted molar refractivity (Wildman–Crippen MR) is 49.4 cm³/mol. The lowest BCUT2D eigenvalue weighted by Crippen LogP contribution is -2.51. The zero-order valence-corrected chi connectivity index (χ0v) is 8.51. The molecule has 0 N–H and O–H groups in total. The van der Waals surface area contributed by atoms with Crippen molar-refractivity contribution in [3.63, 3.8) is 0 Å². The van der Waals surface area contributed by atoms with E-state index in [0.717, 1.165) is 12.1 Å². The minimum absolute atomic E-state index is 0.00171.